The van der Waals surface area contributed by atoms with Crippen molar-refractivity contribution >= 4 is 0 Å². The minimum absolute atomic E-state index is 0. The molecule has 0 aliphatic carbocycles. The predicted octanol–water partition coefficient (Wildman–Crippen LogP) is -18.2. The number of halogens is 5. The Balaban J connectivity index is -0.00000000526. The fourth-order valence-electron chi connectivity index (χ4n) is 0. The topological polar surface area (TPSA) is 115 Å². The van der Waals surface area contributed by atoms with Gasteiger partial charge >= 0.3 is 44.8 Å². The Labute approximate surface area is 198 Å². The summed E-state index contributed by atoms with van der Waals surface area (Å²) < 4.78 is 0. The molecular weight excluding hydrogens is 563 g/mol. The molecule has 0 atom stereocenters. The first-order chi connectivity index (χ1) is 7.07. The molecule has 0 unspecified atom stereocenters. The van der Waals surface area contributed by atoms with Crippen molar-refractivity contribution in [3.63, 3.8) is 0 Å². The summed E-state index contributed by atoms with van der Waals surface area (Å²) in [6, 6.07) is 0. The van der Waals surface area contributed by atoms with Crippen LogP contribution in [0.25, 0.3) is 0 Å². The van der Waals surface area contributed by atoms with Gasteiger partial charge in [0.2, 0.25) is 0 Å². The Morgan fingerprint density at radius 1 is 0.364 bits per heavy atom. The summed E-state index contributed by atoms with van der Waals surface area (Å²) in [5.74, 6) is 0. The maximum Gasteiger partial charge on any atom is 5.00 e. The van der Waals surface area contributed by atoms with Crippen molar-refractivity contribution in [1.82, 2.24) is 0 Å². The monoisotopic (exact) mass is 586 g/mol. The summed E-state index contributed by atoms with van der Waals surface area (Å²) in [6.07, 6.45) is 0. The van der Waals surface area contributed by atoms with Gasteiger partial charge in [-0.25, -0.2) is 0 Å². The number of hydrogen-bond acceptors (Lipinski definition) is 5. The average Bonchev–Trinajstić information content (AvgIpc) is 2.09. The molecule has 0 radical (unpaired) electrons. The molecule has 0 aliphatic heterocycles. The van der Waals surface area contributed by atoms with Gasteiger partial charge in [0.1, 0.15) is 0 Å². The Morgan fingerprint density at radius 3 is 0.364 bits per heavy atom. The van der Waals surface area contributed by atoms with Crippen LogP contribution in [-0.2, 0) is 44.8 Å². The smallest absolute Gasteiger partial charge is 1.00 e. The van der Waals surface area contributed by atoms with Crippen LogP contribution >= 0.6 is 0 Å². The molecule has 0 N–H and O–H groups in total. The number of rotatable bonds is 0. The fraction of sp³-hybridized carbons (Fsp3) is 1.00. The van der Waals surface area contributed by atoms with Gasteiger partial charge in [-0.3, -0.25) is 0 Å². The van der Waals surface area contributed by atoms with Crippen molar-refractivity contribution in [3.8, 4) is 0 Å². The largest absolute Gasteiger partial charge is 5.00 e. The summed E-state index contributed by atoms with van der Waals surface area (Å²) >= 11 is 0. The van der Waals surface area contributed by atoms with Crippen molar-refractivity contribution in [2.75, 3.05) is 33.0 Å². The Kier molecular flexibility index (Phi) is 801. The molecule has 0 fully saturated rings. The minimum atomic E-state index is 0. The molecule has 0 saturated carbocycles. The first kappa shape index (κ1) is 85.9. The zero-order valence-electron chi connectivity index (χ0n) is 13.4. The van der Waals surface area contributed by atoms with Gasteiger partial charge in [0.05, 0.1) is 0 Å². The molecule has 0 spiro atoms. The third-order valence-corrected chi connectivity index (χ3v) is 0. The molecule has 0 aromatic rings. The summed E-state index contributed by atoms with van der Waals surface area (Å²) in [4.78, 5) is 0. The van der Waals surface area contributed by atoms with Crippen molar-refractivity contribution < 1.29 is 132 Å². The second-order valence-electron chi connectivity index (χ2n) is 1.44. The van der Waals surface area contributed by atoms with E-state index in [1.54, 1.807) is 34.6 Å². The quantitative estimate of drug-likeness (QED) is 0.261. The molecule has 5 nitrogen and oxygen atoms in total. The SMILES string of the molecule is CC[O-].CC[O-].CC[O-].CC[O-].CC[O-].[Cl-].[Cl-].[Cl-].[Cl-].[Cl-].[Nb+5].[Nb+5]. The van der Waals surface area contributed by atoms with Crippen LogP contribution in [0.15, 0.2) is 0 Å². The van der Waals surface area contributed by atoms with Gasteiger partial charge in [0.25, 0.3) is 0 Å². The second-order valence-corrected chi connectivity index (χ2v) is 1.44. The zero-order chi connectivity index (χ0) is 13.5. The summed E-state index contributed by atoms with van der Waals surface area (Å²) in [5, 5.41) is 44.7. The fourth-order valence-corrected chi connectivity index (χ4v) is 0. The van der Waals surface area contributed by atoms with E-state index in [9.17, 15) is 0 Å². The molecule has 0 rings (SSSR count). The molecule has 0 saturated heterocycles. The van der Waals surface area contributed by atoms with Crippen LogP contribution in [0.1, 0.15) is 34.6 Å². The van der Waals surface area contributed by atoms with Crippen LogP contribution in [0.2, 0.25) is 0 Å². The van der Waals surface area contributed by atoms with E-state index in [0.717, 1.165) is 0 Å². The van der Waals surface area contributed by atoms with Crippen molar-refractivity contribution in [3.05, 3.63) is 0 Å². The molecule has 0 aliphatic rings. The molecule has 0 bridgehead atoms. The molecule has 12 heteroatoms. The molecule has 22 heavy (non-hydrogen) atoms. The molecule has 0 aromatic carbocycles. The van der Waals surface area contributed by atoms with Crippen molar-refractivity contribution in [2.24, 2.45) is 0 Å². The first-order valence-electron chi connectivity index (χ1n) is 4.98. The van der Waals surface area contributed by atoms with Crippen LogP contribution < -0.4 is 87.6 Å². The maximum atomic E-state index is 8.93. The Morgan fingerprint density at radius 2 is 0.364 bits per heavy atom. The molecule has 140 valence electrons. The van der Waals surface area contributed by atoms with Crippen LogP contribution in [-0.4, -0.2) is 33.0 Å². The third kappa shape index (κ3) is 1440. The van der Waals surface area contributed by atoms with Gasteiger partial charge in [0, 0.05) is 0 Å². The van der Waals surface area contributed by atoms with Gasteiger partial charge < -0.3 is 87.6 Å². The average molecular weight is 588 g/mol. The molecular formula is C10H25Cl5Nb2O5. The van der Waals surface area contributed by atoms with E-state index in [0.29, 0.717) is 0 Å². The maximum absolute atomic E-state index is 8.93. The summed E-state index contributed by atoms with van der Waals surface area (Å²) in [5.41, 5.74) is 0. The first-order valence-corrected chi connectivity index (χ1v) is 4.98. The normalized spacial score (nSPS) is 4.09. The van der Waals surface area contributed by atoms with Crippen molar-refractivity contribution in [2.45, 2.75) is 34.6 Å². The van der Waals surface area contributed by atoms with E-state index in [1.165, 1.54) is 0 Å². The van der Waals surface area contributed by atoms with E-state index in [2.05, 4.69) is 0 Å². The summed E-state index contributed by atoms with van der Waals surface area (Å²) in [6.45, 7) is 7.85. The van der Waals surface area contributed by atoms with E-state index >= 15 is 0 Å². The number of hydrogen-bond donors (Lipinski definition) is 0. The molecule has 0 aromatic heterocycles. The van der Waals surface area contributed by atoms with Gasteiger partial charge in [-0.15, -0.1) is 33.0 Å². The third-order valence-electron chi connectivity index (χ3n) is 0. The van der Waals surface area contributed by atoms with Gasteiger partial charge in [-0.05, 0) is 0 Å². The molecule has 0 heterocycles. The van der Waals surface area contributed by atoms with Crippen LogP contribution in [0.4, 0.5) is 0 Å². The van der Waals surface area contributed by atoms with Crippen molar-refractivity contribution in [1.29, 1.82) is 0 Å². The zero-order valence-corrected chi connectivity index (χ0v) is 21.5. The summed E-state index contributed by atoms with van der Waals surface area (Å²) in [7, 11) is 0. The van der Waals surface area contributed by atoms with Gasteiger partial charge in [0.15, 0.2) is 0 Å². The minimum Gasteiger partial charge on any atom is -1.00 e. The van der Waals surface area contributed by atoms with E-state index in [-0.39, 0.29) is 140 Å². The second kappa shape index (κ2) is 205. The van der Waals surface area contributed by atoms with E-state index in [4.69, 9.17) is 25.5 Å². The standard InChI is InChI=1S/5C2H5O.5ClH.2Nb/c5*1-2-3;;;;;;;/h5*2H2,1H3;5*1H;;/q5*-1;;;;;;2*+5/p-5. The molecule has 0 amide bonds. The van der Waals surface area contributed by atoms with Crippen LogP contribution in [0.5, 0.6) is 0 Å². The van der Waals surface area contributed by atoms with E-state index < -0.39 is 0 Å². The Hall–Kier alpha value is 2.73. The van der Waals surface area contributed by atoms with Crippen LogP contribution in [0.3, 0.4) is 0 Å². The Bertz CT molecular complexity index is 51.3. The predicted molar refractivity (Wildman–Crippen MR) is 52.7 cm³/mol. The van der Waals surface area contributed by atoms with Crippen LogP contribution in [0, 0.1) is 0 Å². The van der Waals surface area contributed by atoms with E-state index in [1.807, 2.05) is 0 Å². The van der Waals surface area contributed by atoms with Gasteiger partial charge in [-0.1, -0.05) is 34.6 Å². The van der Waals surface area contributed by atoms with Gasteiger partial charge in [-0.2, -0.15) is 0 Å².